The van der Waals surface area contributed by atoms with Gasteiger partial charge in [0, 0.05) is 35.7 Å². The van der Waals surface area contributed by atoms with Crippen molar-refractivity contribution < 1.29 is 4.79 Å². The Labute approximate surface area is 89.8 Å². The van der Waals surface area contributed by atoms with E-state index in [9.17, 15) is 14.4 Å². The molecule has 0 atom stereocenters. The van der Waals surface area contributed by atoms with Crippen LogP contribution in [-0.4, -0.2) is 15.8 Å². The van der Waals surface area contributed by atoms with Gasteiger partial charge in [-0.1, -0.05) is 0 Å². The minimum absolute atomic E-state index is 0.257. The average Bonchev–Trinajstić information content (AvgIpc) is 2.30. The Morgan fingerprint density at radius 1 is 0.812 bits per heavy atom. The van der Waals surface area contributed by atoms with E-state index in [1.807, 2.05) is 0 Å². The smallest absolute Gasteiger partial charge is 0.247 e. The van der Waals surface area contributed by atoms with Crippen LogP contribution in [0.3, 0.4) is 0 Å². The van der Waals surface area contributed by atoms with Gasteiger partial charge in [0.15, 0.2) is 5.78 Å². The van der Waals surface area contributed by atoms with E-state index in [0.29, 0.717) is 11.1 Å². The lowest BCUT2D eigenvalue weighted by Crippen LogP contribution is -2.10. The van der Waals surface area contributed by atoms with Gasteiger partial charge in [-0.3, -0.25) is 14.4 Å². The number of hydrogen-bond donors (Lipinski definition) is 2. The Bertz CT molecular complexity index is 544. The van der Waals surface area contributed by atoms with Gasteiger partial charge in [-0.05, 0) is 12.1 Å². The van der Waals surface area contributed by atoms with Crippen LogP contribution in [0.1, 0.15) is 15.9 Å². The molecule has 0 unspecified atom stereocenters. The predicted octanol–water partition coefficient (Wildman–Crippen LogP) is 0.294. The molecule has 16 heavy (non-hydrogen) atoms. The third kappa shape index (κ3) is 1.98. The molecule has 0 amide bonds. The fourth-order valence-corrected chi connectivity index (χ4v) is 1.27. The predicted molar refractivity (Wildman–Crippen MR) is 57.6 cm³/mol. The van der Waals surface area contributed by atoms with E-state index in [-0.39, 0.29) is 16.9 Å². The molecule has 0 aliphatic carbocycles. The number of nitrogens with one attached hydrogen (secondary N) is 2. The van der Waals surface area contributed by atoms with Crippen LogP contribution in [0.2, 0.25) is 0 Å². The van der Waals surface area contributed by atoms with Crippen molar-refractivity contribution in [2.75, 3.05) is 0 Å². The maximum absolute atomic E-state index is 11.8. The van der Waals surface area contributed by atoms with Crippen molar-refractivity contribution >= 4 is 5.78 Å². The van der Waals surface area contributed by atoms with Gasteiger partial charge in [0.05, 0.1) is 0 Å². The first-order chi connectivity index (χ1) is 7.66. The van der Waals surface area contributed by atoms with E-state index in [2.05, 4.69) is 9.97 Å². The molecule has 2 N–H and O–H groups in total. The van der Waals surface area contributed by atoms with Crippen LogP contribution in [0, 0.1) is 0 Å². The lowest BCUT2D eigenvalue weighted by atomic mass is 10.1. The Morgan fingerprint density at radius 2 is 1.25 bits per heavy atom. The van der Waals surface area contributed by atoms with Crippen LogP contribution in [0.5, 0.6) is 0 Å². The minimum atomic E-state index is -0.266. The highest BCUT2D eigenvalue weighted by Crippen LogP contribution is 2.04. The number of aromatic nitrogens is 2. The summed E-state index contributed by atoms with van der Waals surface area (Å²) in [6.07, 6.45) is 2.69. The second kappa shape index (κ2) is 3.98. The highest BCUT2D eigenvalue weighted by atomic mass is 16.1. The number of carbonyl (C=O) groups is 1. The maximum atomic E-state index is 11.8. The monoisotopic (exact) mass is 216 g/mol. The molecule has 80 valence electrons. The standard InChI is InChI=1S/C11H8N2O3/c14-9-3-1-7(5-12-9)11(16)8-2-4-10(15)13-6-8/h1-6H,(H,12,14)(H,13,15). The van der Waals surface area contributed by atoms with E-state index in [0.717, 1.165) is 0 Å². The number of ketones is 1. The summed E-state index contributed by atoms with van der Waals surface area (Å²) in [5.41, 5.74) is 0.203. The molecule has 0 radical (unpaired) electrons. The third-order valence-corrected chi connectivity index (χ3v) is 2.09. The Hall–Kier alpha value is -2.43. The van der Waals surface area contributed by atoms with Gasteiger partial charge in [-0.15, -0.1) is 0 Å². The SMILES string of the molecule is O=C(c1ccc(=O)[nH]c1)c1ccc(=O)[nH]c1. The molecule has 0 saturated carbocycles. The summed E-state index contributed by atoms with van der Waals surface area (Å²) in [4.78, 5) is 38.3. The number of carbonyl (C=O) groups excluding carboxylic acids is 1. The minimum Gasteiger partial charge on any atom is -0.328 e. The number of aromatic amines is 2. The molecule has 2 heterocycles. The zero-order chi connectivity index (χ0) is 11.5. The van der Waals surface area contributed by atoms with Crippen molar-refractivity contribution in [3.8, 4) is 0 Å². The summed E-state index contributed by atoms with van der Waals surface area (Å²) >= 11 is 0. The second-order valence-corrected chi connectivity index (χ2v) is 3.21. The van der Waals surface area contributed by atoms with Gasteiger partial charge in [-0.25, -0.2) is 0 Å². The molecule has 0 bridgehead atoms. The van der Waals surface area contributed by atoms with Crippen molar-refractivity contribution in [3.63, 3.8) is 0 Å². The van der Waals surface area contributed by atoms with Crippen LogP contribution in [0.4, 0.5) is 0 Å². The summed E-state index contributed by atoms with van der Waals surface area (Å²) in [6.45, 7) is 0. The summed E-state index contributed by atoms with van der Waals surface area (Å²) in [7, 11) is 0. The molecule has 5 nitrogen and oxygen atoms in total. The van der Waals surface area contributed by atoms with Crippen LogP contribution in [-0.2, 0) is 0 Å². The van der Waals surface area contributed by atoms with Crippen LogP contribution >= 0.6 is 0 Å². The third-order valence-electron chi connectivity index (χ3n) is 2.09. The quantitative estimate of drug-likeness (QED) is 0.708. The molecule has 0 saturated heterocycles. The molecule has 0 spiro atoms. The van der Waals surface area contributed by atoms with E-state index in [4.69, 9.17) is 0 Å². The largest absolute Gasteiger partial charge is 0.328 e. The molecule has 0 fully saturated rings. The first kappa shape index (κ1) is 10.1. The number of H-pyrrole nitrogens is 2. The van der Waals surface area contributed by atoms with Gasteiger partial charge < -0.3 is 9.97 Å². The van der Waals surface area contributed by atoms with Crippen molar-refractivity contribution in [2.24, 2.45) is 0 Å². The van der Waals surface area contributed by atoms with E-state index in [1.54, 1.807) is 0 Å². The lowest BCUT2D eigenvalue weighted by Gasteiger charge is -1.99. The van der Waals surface area contributed by atoms with E-state index >= 15 is 0 Å². The van der Waals surface area contributed by atoms with Crippen LogP contribution in [0.15, 0.2) is 46.2 Å². The zero-order valence-electron chi connectivity index (χ0n) is 8.19. The summed E-state index contributed by atoms with van der Waals surface area (Å²) in [5.74, 6) is -0.257. The second-order valence-electron chi connectivity index (χ2n) is 3.21. The van der Waals surface area contributed by atoms with E-state index in [1.165, 1.54) is 36.7 Å². The molecule has 2 rings (SSSR count). The first-order valence-electron chi connectivity index (χ1n) is 4.59. The average molecular weight is 216 g/mol. The van der Waals surface area contributed by atoms with Gasteiger partial charge in [0.1, 0.15) is 0 Å². The molecule has 5 heteroatoms. The topological polar surface area (TPSA) is 82.8 Å². The molecular weight excluding hydrogens is 208 g/mol. The van der Waals surface area contributed by atoms with Crippen molar-refractivity contribution in [3.05, 3.63) is 68.5 Å². The van der Waals surface area contributed by atoms with Gasteiger partial charge in [0.2, 0.25) is 11.1 Å². The van der Waals surface area contributed by atoms with Crippen molar-refractivity contribution in [1.29, 1.82) is 0 Å². The maximum Gasteiger partial charge on any atom is 0.247 e. The molecule has 2 aromatic rings. The van der Waals surface area contributed by atoms with Gasteiger partial charge in [0.25, 0.3) is 0 Å². The molecule has 2 aromatic heterocycles. The summed E-state index contributed by atoms with van der Waals surface area (Å²) < 4.78 is 0. The first-order valence-corrected chi connectivity index (χ1v) is 4.59. The number of pyridine rings is 2. The zero-order valence-corrected chi connectivity index (χ0v) is 8.19. The molecule has 0 aromatic carbocycles. The van der Waals surface area contributed by atoms with Gasteiger partial charge in [-0.2, -0.15) is 0 Å². The summed E-state index contributed by atoms with van der Waals surface area (Å²) in [5, 5.41) is 0. The number of rotatable bonds is 2. The fraction of sp³-hybridized carbons (Fsp3) is 0. The molecular formula is C11H8N2O3. The Kier molecular flexibility index (Phi) is 2.51. The van der Waals surface area contributed by atoms with Crippen molar-refractivity contribution in [1.82, 2.24) is 9.97 Å². The highest BCUT2D eigenvalue weighted by Gasteiger charge is 2.08. The summed E-state index contributed by atoms with van der Waals surface area (Å²) in [6, 6.07) is 5.43. The number of hydrogen-bond acceptors (Lipinski definition) is 3. The Morgan fingerprint density at radius 3 is 1.56 bits per heavy atom. The van der Waals surface area contributed by atoms with Crippen molar-refractivity contribution in [2.45, 2.75) is 0 Å². The van der Waals surface area contributed by atoms with E-state index < -0.39 is 0 Å². The normalized spacial score (nSPS) is 10.0. The van der Waals surface area contributed by atoms with Crippen LogP contribution in [0.25, 0.3) is 0 Å². The van der Waals surface area contributed by atoms with Gasteiger partial charge >= 0.3 is 0 Å². The lowest BCUT2D eigenvalue weighted by molar-refractivity contribution is 0.103. The fourth-order valence-electron chi connectivity index (χ4n) is 1.27. The Balaban J connectivity index is 2.39. The highest BCUT2D eigenvalue weighted by molar-refractivity contribution is 6.08. The molecule has 0 aliphatic rings. The van der Waals surface area contributed by atoms with Crippen LogP contribution < -0.4 is 11.1 Å². The molecule has 0 aliphatic heterocycles.